The summed E-state index contributed by atoms with van der Waals surface area (Å²) in [5.41, 5.74) is 17.7. The smallest absolute Gasteiger partial charge is 0.303 e. The van der Waals surface area contributed by atoms with Crippen LogP contribution in [0.4, 0.5) is 0 Å². The van der Waals surface area contributed by atoms with Crippen LogP contribution in [0.1, 0.15) is 111 Å². The number of benzene rings is 2. The highest BCUT2D eigenvalue weighted by atomic mass is 16.4. The van der Waals surface area contributed by atoms with Crippen molar-refractivity contribution in [2.24, 2.45) is 34.0 Å². The van der Waals surface area contributed by atoms with E-state index < -0.39 is 114 Å². The molecule has 0 unspecified atom stereocenters. The SMILES string of the molecule is CCCC[C@H](NC(=O)[C@H](C)NC(=O)[C@H](CCC(=O)O)NC(=O)[C@H](Cc1ccccc1)NC[C@H](Cc1ccc(O)cc1)NC(=O)[C@H](CC(C)C)NC(=O)[C@@H](NC(=O)[C@H](CCCN=C(N)N)NC(C)=O)C(C)C)C(N)=O. The molecule has 74 heavy (non-hydrogen) atoms. The highest BCUT2D eigenvalue weighted by molar-refractivity contribution is 5.96. The normalized spacial score (nSPS) is 14.3. The number of guanidine groups is 1. The summed E-state index contributed by atoms with van der Waals surface area (Å²) in [4.78, 5) is 123. The number of unbranched alkanes of at least 4 members (excludes halogenated alkanes) is 1. The van der Waals surface area contributed by atoms with Crippen LogP contribution in [0.25, 0.3) is 0 Å². The van der Waals surface area contributed by atoms with Gasteiger partial charge in [0.2, 0.25) is 47.3 Å². The zero-order chi connectivity index (χ0) is 55.5. The molecule has 0 bridgehead atoms. The van der Waals surface area contributed by atoms with Gasteiger partial charge < -0.3 is 69.9 Å². The number of hydrogen-bond acceptors (Lipinski definition) is 12. The Morgan fingerprint density at radius 2 is 1.15 bits per heavy atom. The number of primary amides is 1. The molecule has 0 saturated heterocycles. The maximum Gasteiger partial charge on any atom is 0.303 e. The Bertz CT molecular complexity index is 2190. The number of aliphatic imine (C=N–C) groups is 1. The van der Waals surface area contributed by atoms with Crippen LogP contribution < -0.4 is 59.7 Å². The zero-order valence-corrected chi connectivity index (χ0v) is 43.7. The molecule has 0 aliphatic carbocycles. The van der Waals surface area contributed by atoms with E-state index >= 15 is 0 Å². The maximum absolute atomic E-state index is 14.4. The fourth-order valence-corrected chi connectivity index (χ4v) is 7.73. The van der Waals surface area contributed by atoms with E-state index in [1.54, 1.807) is 56.3 Å². The molecule has 16 N–H and O–H groups in total. The minimum absolute atomic E-state index is 0.00578. The van der Waals surface area contributed by atoms with Crippen molar-refractivity contribution in [3.05, 3.63) is 65.7 Å². The number of hydrogen-bond donors (Lipinski definition) is 13. The molecular formula is C51H80N12O11. The van der Waals surface area contributed by atoms with Crippen LogP contribution in [0.2, 0.25) is 0 Å². The molecule has 0 aromatic heterocycles. The molecule has 0 fully saturated rings. The summed E-state index contributed by atoms with van der Waals surface area (Å²) in [6, 6.07) is 6.42. The summed E-state index contributed by atoms with van der Waals surface area (Å²) in [7, 11) is 0. The van der Waals surface area contributed by atoms with Gasteiger partial charge in [0.1, 0.15) is 42.0 Å². The lowest BCUT2D eigenvalue weighted by Crippen LogP contribution is -2.60. The number of carbonyl (C=O) groups is 9. The van der Waals surface area contributed by atoms with E-state index in [0.29, 0.717) is 24.0 Å². The first-order valence-electron chi connectivity index (χ1n) is 25.1. The Labute approximate surface area is 433 Å². The minimum Gasteiger partial charge on any atom is -0.508 e. The van der Waals surface area contributed by atoms with Gasteiger partial charge in [-0.1, -0.05) is 89.9 Å². The van der Waals surface area contributed by atoms with Crippen molar-refractivity contribution in [2.75, 3.05) is 13.1 Å². The van der Waals surface area contributed by atoms with Gasteiger partial charge in [-0.2, -0.15) is 0 Å². The van der Waals surface area contributed by atoms with E-state index in [1.165, 1.54) is 26.0 Å². The van der Waals surface area contributed by atoms with Gasteiger partial charge in [-0.05, 0) is 87.0 Å². The van der Waals surface area contributed by atoms with Crippen molar-refractivity contribution < 1.29 is 53.4 Å². The lowest BCUT2D eigenvalue weighted by molar-refractivity contribution is -0.138. The number of phenols is 1. The van der Waals surface area contributed by atoms with Gasteiger partial charge in [0.15, 0.2) is 5.96 Å². The van der Waals surface area contributed by atoms with E-state index in [4.69, 9.17) is 17.2 Å². The number of nitrogens with two attached hydrogens (primary N) is 3. The molecule has 2 aromatic rings. The number of nitrogens with zero attached hydrogens (tertiary/aromatic N) is 1. The van der Waals surface area contributed by atoms with E-state index in [1.807, 2.05) is 20.8 Å². The molecule has 23 nitrogen and oxygen atoms in total. The Morgan fingerprint density at radius 3 is 1.72 bits per heavy atom. The number of aromatic hydroxyl groups is 1. The lowest BCUT2D eigenvalue weighted by atomic mass is 9.98. The first-order chi connectivity index (χ1) is 34.9. The summed E-state index contributed by atoms with van der Waals surface area (Å²) in [5.74, 6) is -7.28. The van der Waals surface area contributed by atoms with Gasteiger partial charge in [-0.15, -0.1) is 0 Å². The van der Waals surface area contributed by atoms with Gasteiger partial charge in [-0.25, -0.2) is 0 Å². The maximum atomic E-state index is 14.4. The highest BCUT2D eigenvalue weighted by Crippen LogP contribution is 2.15. The molecular weight excluding hydrogens is 957 g/mol. The Hall–Kier alpha value is -7.30. The summed E-state index contributed by atoms with van der Waals surface area (Å²) >= 11 is 0. The second-order valence-electron chi connectivity index (χ2n) is 19.2. The quantitative estimate of drug-likeness (QED) is 0.0247. The molecule has 0 saturated carbocycles. The van der Waals surface area contributed by atoms with Gasteiger partial charge >= 0.3 is 5.97 Å². The second-order valence-corrected chi connectivity index (χ2v) is 19.2. The minimum atomic E-state index is -1.43. The Morgan fingerprint density at radius 1 is 0.595 bits per heavy atom. The van der Waals surface area contributed by atoms with E-state index in [-0.39, 0.29) is 69.2 Å². The fourth-order valence-electron chi connectivity index (χ4n) is 7.73. The number of carbonyl (C=O) groups excluding carboxylic acids is 8. The Balaban J connectivity index is 2.46. The lowest BCUT2D eigenvalue weighted by Gasteiger charge is -2.29. The largest absolute Gasteiger partial charge is 0.508 e. The fraction of sp³-hybridized carbons (Fsp3) is 0.569. The standard InChI is InChI=1S/C51H80N12O11/c1-8-9-16-37(44(52)68)60-45(69)31(6)57-46(70)39(22-23-42(66)67)61-48(72)40(27-33-14-11-10-12-15-33)56-28-35(26-34-18-20-36(65)21-19-34)59-49(73)41(25-29(2)3)62-50(74)43(30(4)5)63-47(71)38(58-32(7)64)17-13-24-55-51(53)54/h10-12,14-15,18-21,29-31,35,37-41,43,56,65H,8-9,13,16-17,22-28H2,1-7H3,(H2,52,68)(H,57,70)(H,58,64)(H,59,73)(H,60,69)(H,61,72)(H,62,74)(H,63,71)(H,66,67)(H4,53,54,55)/t31-,35-,37-,38-,39-,40-,41-,43-/m0/s1. The van der Waals surface area contributed by atoms with Gasteiger partial charge in [0.05, 0.1) is 6.04 Å². The number of amides is 8. The van der Waals surface area contributed by atoms with Crippen molar-refractivity contribution in [1.29, 1.82) is 0 Å². The van der Waals surface area contributed by atoms with Crippen LogP contribution in [0, 0.1) is 11.8 Å². The summed E-state index contributed by atoms with van der Waals surface area (Å²) in [6.45, 7) is 11.8. The van der Waals surface area contributed by atoms with Crippen LogP contribution in [0.15, 0.2) is 59.6 Å². The average Bonchev–Trinajstić information content (AvgIpc) is 3.32. The number of carboxylic acids is 1. The summed E-state index contributed by atoms with van der Waals surface area (Å²) in [6.07, 6.45) is 1.68. The first kappa shape index (κ1) is 62.8. The van der Waals surface area contributed by atoms with Crippen molar-refractivity contribution >= 4 is 59.2 Å². The zero-order valence-electron chi connectivity index (χ0n) is 43.7. The van der Waals surface area contributed by atoms with Crippen molar-refractivity contribution in [2.45, 2.75) is 161 Å². The topological polar surface area (TPSA) is 381 Å². The predicted molar refractivity (Wildman–Crippen MR) is 278 cm³/mol. The predicted octanol–water partition coefficient (Wildman–Crippen LogP) is -0.135. The van der Waals surface area contributed by atoms with Gasteiger partial charge in [-0.3, -0.25) is 48.1 Å². The molecule has 8 atom stereocenters. The number of carboxylic acid groups (broad SMARTS) is 1. The molecule has 410 valence electrons. The number of phenolic OH excluding ortho intramolecular Hbond substituents is 1. The first-order valence-corrected chi connectivity index (χ1v) is 25.1. The Kier molecular flexibility index (Phi) is 27.8. The van der Waals surface area contributed by atoms with Gasteiger partial charge in [0, 0.05) is 32.5 Å². The third-order valence-corrected chi connectivity index (χ3v) is 11.7. The summed E-state index contributed by atoms with van der Waals surface area (Å²) < 4.78 is 0. The van der Waals surface area contributed by atoms with Crippen LogP contribution >= 0.6 is 0 Å². The molecule has 0 heterocycles. The van der Waals surface area contributed by atoms with E-state index in [0.717, 1.165) is 6.42 Å². The third kappa shape index (κ3) is 24.4. The van der Waals surface area contributed by atoms with E-state index in [9.17, 15) is 53.4 Å². The molecule has 2 rings (SSSR count). The average molecular weight is 1040 g/mol. The molecule has 0 aliphatic rings. The van der Waals surface area contributed by atoms with Crippen LogP contribution in [0.5, 0.6) is 5.75 Å². The van der Waals surface area contributed by atoms with Crippen molar-refractivity contribution in [3.8, 4) is 5.75 Å². The number of nitrogens with one attached hydrogen (secondary N) is 8. The molecule has 0 radical (unpaired) electrons. The monoisotopic (exact) mass is 1040 g/mol. The molecule has 0 aliphatic heterocycles. The highest BCUT2D eigenvalue weighted by Gasteiger charge is 2.34. The van der Waals surface area contributed by atoms with E-state index in [2.05, 4.69) is 47.5 Å². The van der Waals surface area contributed by atoms with Crippen LogP contribution in [-0.2, 0) is 56.0 Å². The number of aliphatic carboxylic acids is 1. The van der Waals surface area contributed by atoms with Gasteiger partial charge in [0.25, 0.3) is 0 Å². The number of rotatable bonds is 34. The third-order valence-electron chi connectivity index (χ3n) is 11.7. The molecule has 8 amide bonds. The second kappa shape index (κ2) is 32.7. The summed E-state index contributed by atoms with van der Waals surface area (Å²) in [5, 5.41) is 41.7. The van der Waals surface area contributed by atoms with Crippen LogP contribution in [-0.4, -0.2) is 131 Å². The molecule has 0 spiro atoms. The molecule has 2 aromatic carbocycles. The molecule has 23 heteroatoms. The van der Waals surface area contributed by atoms with Crippen molar-refractivity contribution in [3.63, 3.8) is 0 Å². The van der Waals surface area contributed by atoms with Crippen LogP contribution in [0.3, 0.4) is 0 Å². The van der Waals surface area contributed by atoms with Crippen molar-refractivity contribution in [1.82, 2.24) is 42.5 Å².